The Hall–Kier alpha value is -2.86. The van der Waals surface area contributed by atoms with Crippen molar-refractivity contribution in [2.45, 2.75) is 25.8 Å². The molecule has 2 aromatic carbocycles. The summed E-state index contributed by atoms with van der Waals surface area (Å²) in [6.45, 7) is 5.26. The van der Waals surface area contributed by atoms with Gasteiger partial charge in [0, 0.05) is 25.2 Å². The second kappa shape index (κ2) is 8.02. The maximum absolute atomic E-state index is 12.9. The number of carbonyl (C=O) groups is 2. The fourth-order valence-electron chi connectivity index (χ4n) is 3.76. The largest absolute Gasteiger partial charge is 0.376 e. The van der Waals surface area contributed by atoms with Crippen molar-refractivity contribution in [1.82, 2.24) is 10.2 Å². The predicted octanol–water partition coefficient (Wildman–Crippen LogP) is 2.93. The topological polar surface area (TPSA) is 73.5 Å². The summed E-state index contributed by atoms with van der Waals surface area (Å²) in [6, 6.07) is 13.6. The highest BCUT2D eigenvalue weighted by atomic mass is 16.2. The molecule has 0 saturated carbocycles. The fourth-order valence-corrected chi connectivity index (χ4v) is 3.76. The summed E-state index contributed by atoms with van der Waals surface area (Å²) in [4.78, 5) is 27.2. The van der Waals surface area contributed by atoms with Crippen LogP contribution in [0.1, 0.15) is 40.4 Å². The van der Waals surface area contributed by atoms with Crippen molar-refractivity contribution in [1.29, 1.82) is 0 Å². The highest BCUT2D eigenvalue weighted by molar-refractivity contribution is 6.01. The van der Waals surface area contributed by atoms with Crippen LogP contribution in [0.25, 0.3) is 0 Å². The number of fused-ring (bicyclic) bond motifs is 1. The Balaban J connectivity index is 1.58. The third kappa shape index (κ3) is 4.02. The molecular formula is C22H26N4O2. The Labute approximate surface area is 165 Å². The number of nitrogens with one attached hydrogen (secondary N) is 3. The molecular weight excluding hydrogens is 352 g/mol. The van der Waals surface area contributed by atoms with E-state index in [2.05, 4.69) is 40.2 Å². The van der Waals surface area contributed by atoms with Gasteiger partial charge in [-0.15, -0.1) is 0 Å². The van der Waals surface area contributed by atoms with Gasteiger partial charge in [-0.1, -0.05) is 29.8 Å². The summed E-state index contributed by atoms with van der Waals surface area (Å²) >= 11 is 0. The molecule has 0 bridgehead atoms. The minimum absolute atomic E-state index is 0.0140. The van der Waals surface area contributed by atoms with E-state index in [0.29, 0.717) is 24.2 Å². The SMILES string of the molecule is Cc1ccc(C2CC(=O)Nc3cc(C(=O)N4CCCNCC4)ccc3N2)cc1. The first-order valence-electron chi connectivity index (χ1n) is 9.87. The van der Waals surface area contributed by atoms with Crippen LogP contribution in [0.15, 0.2) is 42.5 Å². The third-order valence-corrected chi connectivity index (χ3v) is 5.37. The molecule has 2 aliphatic rings. The van der Waals surface area contributed by atoms with Gasteiger partial charge in [0.05, 0.1) is 23.8 Å². The van der Waals surface area contributed by atoms with E-state index in [4.69, 9.17) is 0 Å². The van der Waals surface area contributed by atoms with Gasteiger partial charge < -0.3 is 20.9 Å². The van der Waals surface area contributed by atoms with E-state index in [1.54, 1.807) is 6.07 Å². The lowest BCUT2D eigenvalue weighted by Gasteiger charge is -2.21. The molecule has 1 fully saturated rings. The van der Waals surface area contributed by atoms with E-state index in [-0.39, 0.29) is 17.9 Å². The number of nitrogens with zero attached hydrogens (tertiary/aromatic N) is 1. The Morgan fingerprint density at radius 1 is 1.04 bits per heavy atom. The van der Waals surface area contributed by atoms with Crippen molar-refractivity contribution in [2.75, 3.05) is 36.8 Å². The number of amides is 2. The minimum Gasteiger partial charge on any atom is -0.376 e. The van der Waals surface area contributed by atoms with Crippen LogP contribution < -0.4 is 16.0 Å². The number of aryl methyl sites for hydroxylation is 1. The normalized spacial score (nSPS) is 19.7. The monoisotopic (exact) mass is 378 g/mol. The quantitative estimate of drug-likeness (QED) is 0.751. The van der Waals surface area contributed by atoms with Crippen molar-refractivity contribution >= 4 is 23.2 Å². The molecule has 0 radical (unpaired) electrons. The Bertz CT molecular complexity index is 871. The van der Waals surface area contributed by atoms with E-state index in [1.807, 2.05) is 24.0 Å². The summed E-state index contributed by atoms with van der Waals surface area (Å²) in [5, 5.41) is 9.73. The molecule has 0 aromatic heterocycles. The standard InChI is InChI=1S/C22H26N4O2/c1-15-3-5-16(6-4-15)19-14-21(27)25-20-13-17(7-8-18(20)24-19)22(28)26-11-2-9-23-10-12-26/h3-8,13,19,23-24H,2,9-12,14H2,1H3,(H,25,27). The van der Waals surface area contributed by atoms with Crippen LogP contribution in [0.4, 0.5) is 11.4 Å². The van der Waals surface area contributed by atoms with Crippen LogP contribution in [0.2, 0.25) is 0 Å². The Morgan fingerprint density at radius 3 is 2.68 bits per heavy atom. The van der Waals surface area contributed by atoms with Crippen molar-refractivity contribution in [3.05, 3.63) is 59.2 Å². The fraction of sp³-hybridized carbons (Fsp3) is 0.364. The van der Waals surface area contributed by atoms with E-state index in [1.165, 1.54) is 5.56 Å². The van der Waals surface area contributed by atoms with Crippen LogP contribution in [0.3, 0.4) is 0 Å². The smallest absolute Gasteiger partial charge is 0.253 e. The van der Waals surface area contributed by atoms with Crippen molar-refractivity contribution < 1.29 is 9.59 Å². The molecule has 1 atom stereocenters. The minimum atomic E-state index is -0.0971. The molecule has 4 rings (SSSR count). The van der Waals surface area contributed by atoms with E-state index in [9.17, 15) is 9.59 Å². The second-order valence-electron chi connectivity index (χ2n) is 7.52. The lowest BCUT2D eigenvalue weighted by atomic mass is 10.0. The van der Waals surface area contributed by atoms with Gasteiger partial charge >= 0.3 is 0 Å². The van der Waals surface area contributed by atoms with Gasteiger partial charge in [-0.2, -0.15) is 0 Å². The van der Waals surface area contributed by atoms with Crippen molar-refractivity contribution in [2.24, 2.45) is 0 Å². The van der Waals surface area contributed by atoms with Gasteiger partial charge in [0.25, 0.3) is 5.91 Å². The molecule has 6 heteroatoms. The van der Waals surface area contributed by atoms with Gasteiger partial charge in [0.2, 0.25) is 5.91 Å². The van der Waals surface area contributed by atoms with Crippen molar-refractivity contribution in [3.63, 3.8) is 0 Å². The number of hydrogen-bond donors (Lipinski definition) is 3. The number of carbonyl (C=O) groups excluding carboxylic acids is 2. The average Bonchev–Trinajstić information content (AvgIpc) is 3.06. The Morgan fingerprint density at radius 2 is 1.86 bits per heavy atom. The maximum Gasteiger partial charge on any atom is 0.253 e. The molecule has 2 amide bonds. The molecule has 28 heavy (non-hydrogen) atoms. The van der Waals surface area contributed by atoms with E-state index >= 15 is 0 Å². The molecule has 2 aromatic rings. The van der Waals surface area contributed by atoms with Crippen molar-refractivity contribution in [3.8, 4) is 0 Å². The van der Waals surface area contributed by atoms with Gasteiger partial charge in [-0.3, -0.25) is 9.59 Å². The van der Waals surface area contributed by atoms with Crippen LogP contribution >= 0.6 is 0 Å². The highest BCUT2D eigenvalue weighted by Crippen LogP contribution is 2.33. The molecule has 2 heterocycles. The first kappa shape index (κ1) is 18.5. The lowest BCUT2D eigenvalue weighted by Crippen LogP contribution is -2.34. The summed E-state index contributed by atoms with van der Waals surface area (Å²) in [7, 11) is 0. The Kier molecular flexibility index (Phi) is 5.30. The zero-order valence-corrected chi connectivity index (χ0v) is 16.1. The van der Waals surface area contributed by atoms with Crippen LogP contribution in [-0.4, -0.2) is 42.9 Å². The zero-order chi connectivity index (χ0) is 19.5. The maximum atomic E-state index is 12.9. The van der Waals surface area contributed by atoms with Crippen LogP contribution in [-0.2, 0) is 4.79 Å². The van der Waals surface area contributed by atoms with Gasteiger partial charge in [-0.05, 0) is 43.7 Å². The highest BCUT2D eigenvalue weighted by Gasteiger charge is 2.24. The molecule has 0 aliphatic carbocycles. The van der Waals surface area contributed by atoms with Gasteiger partial charge in [0.15, 0.2) is 0 Å². The predicted molar refractivity (Wildman–Crippen MR) is 111 cm³/mol. The molecule has 0 spiro atoms. The van der Waals surface area contributed by atoms with E-state index < -0.39 is 0 Å². The molecule has 2 aliphatic heterocycles. The van der Waals surface area contributed by atoms with Gasteiger partial charge in [-0.25, -0.2) is 0 Å². The number of hydrogen-bond acceptors (Lipinski definition) is 4. The lowest BCUT2D eigenvalue weighted by molar-refractivity contribution is -0.116. The summed E-state index contributed by atoms with van der Waals surface area (Å²) in [5.74, 6) is -0.0412. The zero-order valence-electron chi connectivity index (χ0n) is 16.1. The van der Waals surface area contributed by atoms with Crippen LogP contribution in [0.5, 0.6) is 0 Å². The average molecular weight is 378 g/mol. The first-order chi connectivity index (χ1) is 13.6. The number of anilines is 2. The molecule has 1 saturated heterocycles. The summed E-state index contributed by atoms with van der Waals surface area (Å²) < 4.78 is 0. The van der Waals surface area contributed by atoms with Crippen LogP contribution in [0, 0.1) is 6.92 Å². The molecule has 6 nitrogen and oxygen atoms in total. The molecule has 1 unspecified atom stereocenters. The molecule has 146 valence electrons. The first-order valence-corrected chi connectivity index (χ1v) is 9.87. The summed E-state index contributed by atoms with van der Waals surface area (Å²) in [6.07, 6.45) is 1.30. The second-order valence-corrected chi connectivity index (χ2v) is 7.52. The van der Waals surface area contributed by atoms with Gasteiger partial charge in [0.1, 0.15) is 0 Å². The van der Waals surface area contributed by atoms with E-state index in [0.717, 1.165) is 37.3 Å². The molecule has 3 N–H and O–H groups in total. The third-order valence-electron chi connectivity index (χ3n) is 5.37. The number of rotatable bonds is 2. The number of benzene rings is 2. The summed E-state index contributed by atoms with van der Waals surface area (Å²) in [5.41, 5.74) is 4.38.